The fraction of sp³-hybridized carbons (Fsp3) is 0.125. The molecule has 0 radical (unpaired) electrons. The van der Waals surface area contributed by atoms with Gasteiger partial charge in [-0.3, -0.25) is 10.1 Å². The molecule has 2 aromatic heterocycles. The molecule has 6 nitrogen and oxygen atoms in total. The molecule has 2 heterocycles. The molecule has 0 aliphatic rings. The van der Waals surface area contributed by atoms with Gasteiger partial charge in [0.25, 0.3) is 0 Å². The Hall–Kier alpha value is -1.76. The van der Waals surface area contributed by atoms with Crippen LogP contribution in [-0.4, -0.2) is 27.1 Å². The van der Waals surface area contributed by atoms with Gasteiger partial charge in [0.05, 0.1) is 18.2 Å². The van der Waals surface area contributed by atoms with Gasteiger partial charge in [0, 0.05) is 6.07 Å². The number of rotatable bonds is 4. The van der Waals surface area contributed by atoms with E-state index < -0.39 is 0 Å². The number of carbonyl (C=O) groups is 1. The monoisotopic (exact) mass is 224 g/mol. The van der Waals surface area contributed by atoms with Gasteiger partial charge < -0.3 is 4.42 Å². The molecule has 0 saturated carbocycles. The van der Waals surface area contributed by atoms with Gasteiger partial charge in [-0.25, -0.2) is 0 Å². The van der Waals surface area contributed by atoms with E-state index in [9.17, 15) is 4.79 Å². The molecule has 0 saturated heterocycles. The molecule has 2 aromatic rings. The maximum absolute atomic E-state index is 11.4. The second-order valence-corrected chi connectivity index (χ2v) is 3.62. The minimum Gasteiger partial charge on any atom is -0.449 e. The molecule has 78 valence electrons. The fourth-order valence-electron chi connectivity index (χ4n) is 0.923. The standard InChI is InChI=1S/C8H8N4O2S/c13-6(10-7-2-1-3-14-7)5-15-8-4-9-12-11-8/h1-4H,5H2,(H,10,13)(H,9,11,12). The van der Waals surface area contributed by atoms with Crippen LogP contribution < -0.4 is 5.32 Å². The predicted octanol–water partition coefficient (Wildman–Crippen LogP) is 1.13. The summed E-state index contributed by atoms with van der Waals surface area (Å²) < 4.78 is 4.97. The number of carbonyl (C=O) groups excluding carboxylic acids is 1. The van der Waals surface area contributed by atoms with Gasteiger partial charge >= 0.3 is 0 Å². The molecule has 0 aliphatic carbocycles. The molecule has 1 amide bonds. The van der Waals surface area contributed by atoms with Crippen molar-refractivity contribution in [3.05, 3.63) is 24.6 Å². The number of aromatic nitrogens is 3. The average Bonchev–Trinajstić information content (AvgIpc) is 2.86. The van der Waals surface area contributed by atoms with E-state index in [2.05, 4.69) is 20.7 Å². The summed E-state index contributed by atoms with van der Waals surface area (Å²) in [5, 5.41) is 13.2. The molecule has 2 N–H and O–H groups in total. The summed E-state index contributed by atoms with van der Waals surface area (Å²) in [5.74, 6) is 0.575. The second-order valence-electron chi connectivity index (χ2n) is 2.62. The average molecular weight is 224 g/mol. The third kappa shape index (κ3) is 2.84. The Bertz CT molecular complexity index is 412. The lowest BCUT2D eigenvalue weighted by Crippen LogP contribution is -2.13. The Morgan fingerprint density at radius 1 is 1.67 bits per heavy atom. The number of furan rings is 1. The Balaban J connectivity index is 1.78. The lowest BCUT2D eigenvalue weighted by Gasteiger charge is -1.99. The highest BCUT2D eigenvalue weighted by atomic mass is 32.2. The third-order valence-electron chi connectivity index (χ3n) is 1.53. The van der Waals surface area contributed by atoms with E-state index in [1.165, 1.54) is 18.0 Å². The quantitative estimate of drug-likeness (QED) is 0.760. The van der Waals surface area contributed by atoms with E-state index in [-0.39, 0.29) is 11.7 Å². The number of amides is 1. The van der Waals surface area contributed by atoms with Crippen LogP contribution in [0.2, 0.25) is 0 Å². The molecule has 2 rings (SSSR count). The van der Waals surface area contributed by atoms with Crippen molar-refractivity contribution in [2.75, 3.05) is 11.1 Å². The van der Waals surface area contributed by atoms with Crippen molar-refractivity contribution < 1.29 is 9.21 Å². The molecule has 0 atom stereocenters. The second kappa shape index (κ2) is 4.65. The van der Waals surface area contributed by atoms with E-state index in [1.54, 1.807) is 18.3 Å². The number of nitrogens with one attached hydrogen (secondary N) is 2. The minimum atomic E-state index is -0.141. The number of thioether (sulfide) groups is 1. The zero-order chi connectivity index (χ0) is 10.5. The van der Waals surface area contributed by atoms with Crippen LogP contribution in [0.5, 0.6) is 0 Å². The number of aromatic amines is 1. The van der Waals surface area contributed by atoms with Gasteiger partial charge in [0.1, 0.15) is 5.03 Å². The first kappa shape index (κ1) is 9.78. The smallest absolute Gasteiger partial charge is 0.237 e. The fourth-order valence-corrected chi connectivity index (χ4v) is 1.51. The third-order valence-corrected chi connectivity index (χ3v) is 2.43. The molecule has 0 spiro atoms. The maximum Gasteiger partial charge on any atom is 0.237 e. The molecule has 0 unspecified atom stereocenters. The highest BCUT2D eigenvalue weighted by Gasteiger charge is 2.05. The van der Waals surface area contributed by atoms with E-state index >= 15 is 0 Å². The summed E-state index contributed by atoms with van der Waals surface area (Å²) in [6.45, 7) is 0. The molecule has 0 fully saturated rings. The molecule has 7 heteroatoms. The molecular weight excluding hydrogens is 216 g/mol. The number of H-pyrrole nitrogens is 1. The first-order valence-corrected chi connectivity index (χ1v) is 5.15. The van der Waals surface area contributed by atoms with Crippen molar-refractivity contribution in [2.45, 2.75) is 5.03 Å². The summed E-state index contributed by atoms with van der Waals surface area (Å²) >= 11 is 1.30. The summed E-state index contributed by atoms with van der Waals surface area (Å²) in [4.78, 5) is 11.4. The maximum atomic E-state index is 11.4. The van der Waals surface area contributed by atoms with Crippen molar-refractivity contribution >= 4 is 23.6 Å². The van der Waals surface area contributed by atoms with Gasteiger partial charge in [0.2, 0.25) is 5.91 Å². The highest BCUT2D eigenvalue weighted by molar-refractivity contribution is 7.99. The topological polar surface area (TPSA) is 83.8 Å². The van der Waals surface area contributed by atoms with Crippen LogP contribution in [0.25, 0.3) is 0 Å². The molecule has 0 bridgehead atoms. The Kier molecular flexibility index (Phi) is 3.03. The minimum absolute atomic E-state index is 0.141. The van der Waals surface area contributed by atoms with Crippen molar-refractivity contribution in [1.82, 2.24) is 15.4 Å². The Labute approximate surface area is 89.4 Å². The van der Waals surface area contributed by atoms with Gasteiger partial charge in [-0.2, -0.15) is 10.3 Å². The lowest BCUT2D eigenvalue weighted by molar-refractivity contribution is -0.113. The van der Waals surface area contributed by atoms with Gasteiger partial charge in [-0.1, -0.05) is 11.8 Å². The van der Waals surface area contributed by atoms with Crippen LogP contribution in [-0.2, 0) is 4.79 Å². The Morgan fingerprint density at radius 3 is 3.27 bits per heavy atom. The van der Waals surface area contributed by atoms with Crippen LogP contribution in [0.3, 0.4) is 0 Å². The van der Waals surface area contributed by atoms with Crippen molar-refractivity contribution in [1.29, 1.82) is 0 Å². The number of nitrogens with zero attached hydrogens (tertiary/aromatic N) is 2. The number of hydrogen-bond acceptors (Lipinski definition) is 5. The van der Waals surface area contributed by atoms with Crippen LogP contribution in [0, 0.1) is 0 Å². The summed E-state index contributed by atoms with van der Waals surface area (Å²) in [7, 11) is 0. The zero-order valence-electron chi connectivity index (χ0n) is 7.64. The van der Waals surface area contributed by atoms with Crippen LogP contribution in [0.15, 0.2) is 34.0 Å². The first-order chi connectivity index (χ1) is 7.34. The van der Waals surface area contributed by atoms with Crippen LogP contribution >= 0.6 is 11.8 Å². The molecule has 0 aliphatic heterocycles. The van der Waals surface area contributed by atoms with E-state index in [0.717, 1.165) is 0 Å². The van der Waals surface area contributed by atoms with Crippen LogP contribution in [0.1, 0.15) is 0 Å². The van der Waals surface area contributed by atoms with E-state index in [4.69, 9.17) is 4.42 Å². The first-order valence-electron chi connectivity index (χ1n) is 4.16. The van der Waals surface area contributed by atoms with Gasteiger partial charge in [-0.05, 0) is 6.07 Å². The SMILES string of the molecule is O=C(CSc1cn[nH]n1)Nc1ccco1. The molecular formula is C8H8N4O2S. The van der Waals surface area contributed by atoms with Crippen molar-refractivity contribution in [2.24, 2.45) is 0 Å². The number of hydrogen-bond donors (Lipinski definition) is 2. The Morgan fingerprint density at radius 2 is 2.60 bits per heavy atom. The molecule has 15 heavy (non-hydrogen) atoms. The van der Waals surface area contributed by atoms with Crippen molar-refractivity contribution in [3.63, 3.8) is 0 Å². The summed E-state index contributed by atoms with van der Waals surface area (Å²) in [6, 6.07) is 3.39. The predicted molar refractivity (Wildman–Crippen MR) is 54.4 cm³/mol. The van der Waals surface area contributed by atoms with E-state index in [1.807, 2.05) is 0 Å². The van der Waals surface area contributed by atoms with Crippen molar-refractivity contribution in [3.8, 4) is 0 Å². The lowest BCUT2D eigenvalue weighted by atomic mass is 10.6. The summed E-state index contributed by atoms with van der Waals surface area (Å²) in [5.41, 5.74) is 0. The summed E-state index contributed by atoms with van der Waals surface area (Å²) in [6.07, 6.45) is 3.06. The van der Waals surface area contributed by atoms with Crippen LogP contribution in [0.4, 0.5) is 5.88 Å². The molecule has 0 aromatic carbocycles. The largest absolute Gasteiger partial charge is 0.449 e. The van der Waals surface area contributed by atoms with Gasteiger partial charge in [0.15, 0.2) is 5.88 Å². The highest BCUT2D eigenvalue weighted by Crippen LogP contribution is 2.13. The number of anilines is 1. The van der Waals surface area contributed by atoms with Gasteiger partial charge in [-0.15, -0.1) is 5.10 Å². The van der Waals surface area contributed by atoms with E-state index in [0.29, 0.717) is 10.9 Å². The zero-order valence-corrected chi connectivity index (χ0v) is 8.45. The normalized spacial score (nSPS) is 10.1.